The summed E-state index contributed by atoms with van der Waals surface area (Å²) in [5.41, 5.74) is 4.55. The topological polar surface area (TPSA) is 85.0 Å². The molecule has 1 amide bonds. The molecule has 0 unspecified atom stereocenters. The smallest absolute Gasteiger partial charge is 0.276 e. The molecule has 27 heavy (non-hydrogen) atoms. The van der Waals surface area contributed by atoms with Crippen LogP contribution in [0.3, 0.4) is 0 Å². The molecular formula is C20H25N5O2. The molecule has 0 fully saturated rings. The minimum Gasteiger partial charge on any atom is -0.508 e. The number of aliphatic hydroxyl groups is 1. The Labute approximate surface area is 158 Å². The van der Waals surface area contributed by atoms with Gasteiger partial charge >= 0.3 is 0 Å². The van der Waals surface area contributed by atoms with E-state index in [0.29, 0.717) is 29.3 Å². The molecule has 3 rings (SSSR count). The van der Waals surface area contributed by atoms with Crippen LogP contribution in [0.1, 0.15) is 47.6 Å². The Kier molecular flexibility index (Phi) is 5.03. The summed E-state index contributed by atoms with van der Waals surface area (Å²) in [6.45, 7) is 12.8. The van der Waals surface area contributed by atoms with Crippen molar-refractivity contribution in [2.24, 2.45) is 0 Å². The Hall–Kier alpha value is -3.09. The SMILES string of the molecule is C=C(O)c1cc(C)c2c(c1)nc(NC(=O)c1cc(C)nn1CC)n2CCC. The monoisotopic (exact) mass is 367 g/mol. The van der Waals surface area contributed by atoms with E-state index in [4.69, 9.17) is 0 Å². The number of amides is 1. The lowest BCUT2D eigenvalue weighted by atomic mass is 10.1. The van der Waals surface area contributed by atoms with Crippen LogP contribution >= 0.6 is 0 Å². The van der Waals surface area contributed by atoms with E-state index in [2.05, 4.69) is 28.9 Å². The van der Waals surface area contributed by atoms with Crippen LogP contribution in [0, 0.1) is 13.8 Å². The maximum atomic E-state index is 12.8. The number of hydrogen-bond donors (Lipinski definition) is 2. The number of hydrogen-bond acceptors (Lipinski definition) is 4. The van der Waals surface area contributed by atoms with Gasteiger partial charge in [0, 0.05) is 18.7 Å². The first kappa shape index (κ1) is 18.7. The third-order valence-corrected chi connectivity index (χ3v) is 4.47. The van der Waals surface area contributed by atoms with Crippen molar-refractivity contribution in [1.82, 2.24) is 19.3 Å². The molecule has 2 heterocycles. The molecule has 3 aromatic rings. The molecule has 0 spiro atoms. The summed E-state index contributed by atoms with van der Waals surface area (Å²) < 4.78 is 3.68. The number of aryl methyl sites for hydroxylation is 4. The van der Waals surface area contributed by atoms with Gasteiger partial charge in [0.15, 0.2) is 0 Å². The molecule has 0 aliphatic heterocycles. The first-order chi connectivity index (χ1) is 12.8. The van der Waals surface area contributed by atoms with E-state index in [9.17, 15) is 9.90 Å². The summed E-state index contributed by atoms with van der Waals surface area (Å²) in [6, 6.07) is 5.43. The minimum atomic E-state index is -0.241. The number of aromatic nitrogens is 4. The lowest BCUT2D eigenvalue weighted by Gasteiger charge is -2.11. The van der Waals surface area contributed by atoms with Crippen molar-refractivity contribution in [1.29, 1.82) is 0 Å². The Morgan fingerprint density at radius 1 is 1.26 bits per heavy atom. The van der Waals surface area contributed by atoms with Gasteiger partial charge in [-0.1, -0.05) is 13.5 Å². The van der Waals surface area contributed by atoms with Crippen LogP contribution in [-0.2, 0) is 13.1 Å². The second-order valence-electron chi connectivity index (χ2n) is 6.64. The zero-order chi connectivity index (χ0) is 19.7. The molecule has 142 valence electrons. The Balaban J connectivity index is 2.07. The van der Waals surface area contributed by atoms with E-state index in [-0.39, 0.29) is 11.7 Å². The fraction of sp³-hybridized carbons (Fsp3) is 0.350. The molecule has 0 bridgehead atoms. The van der Waals surface area contributed by atoms with Crippen LogP contribution < -0.4 is 5.32 Å². The van der Waals surface area contributed by atoms with Gasteiger partial charge in [-0.2, -0.15) is 5.10 Å². The van der Waals surface area contributed by atoms with Gasteiger partial charge in [-0.25, -0.2) is 4.98 Å². The zero-order valence-electron chi connectivity index (χ0n) is 16.2. The Morgan fingerprint density at radius 2 is 2.00 bits per heavy atom. The second-order valence-corrected chi connectivity index (χ2v) is 6.64. The van der Waals surface area contributed by atoms with Gasteiger partial charge in [0.2, 0.25) is 5.95 Å². The van der Waals surface area contributed by atoms with Crippen molar-refractivity contribution in [3.05, 3.63) is 47.3 Å². The maximum absolute atomic E-state index is 12.8. The largest absolute Gasteiger partial charge is 0.508 e. The van der Waals surface area contributed by atoms with Crippen molar-refractivity contribution in [2.75, 3.05) is 5.32 Å². The van der Waals surface area contributed by atoms with Crippen LogP contribution in [0.5, 0.6) is 0 Å². The molecule has 2 N–H and O–H groups in total. The highest BCUT2D eigenvalue weighted by atomic mass is 16.3. The molecule has 7 nitrogen and oxygen atoms in total. The summed E-state index contributed by atoms with van der Waals surface area (Å²) in [5, 5.41) is 17.0. The van der Waals surface area contributed by atoms with Crippen molar-refractivity contribution >= 4 is 28.6 Å². The van der Waals surface area contributed by atoms with Crippen LogP contribution in [0.2, 0.25) is 0 Å². The van der Waals surface area contributed by atoms with Gasteiger partial charge in [-0.05, 0) is 51.0 Å². The van der Waals surface area contributed by atoms with Gasteiger partial charge in [0.1, 0.15) is 11.5 Å². The van der Waals surface area contributed by atoms with E-state index in [0.717, 1.165) is 29.7 Å². The average molecular weight is 367 g/mol. The van der Waals surface area contributed by atoms with Crippen molar-refractivity contribution in [2.45, 2.75) is 47.2 Å². The lowest BCUT2D eigenvalue weighted by molar-refractivity contribution is 0.101. The van der Waals surface area contributed by atoms with Crippen molar-refractivity contribution in [3.8, 4) is 0 Å². The Morgan fingerprint density at radius 3 is 2.63 bits per heavy atom. The molecule has 2 aromatic heterocycles. The highest BCUT2D eigenvalue weighted by Crippen LogP contribution is 2.27. The number of anilines is 1. The van der Waals surface area contributed by atoms with Crippen LogP contribution in [0.4, 0.5) is 5.95 Å². The fourth-order valence-corrected chi connectivity index (χ4v) is 3.32. The molecule has 0 aliphatic carbocycles. The van der Waals surface area contributed by atoms with Crippen LogP contribution in [0.15, 0.2) is 24.8 Å². The van der Waals surface area contributed by atoms with Crippen LogP contribution in [0.25, 0.3) is 16.8 Å². The first-order valence-electron chi connectivity index (χ1n) is 9.10. The summed E-state index contributed by atoms with van der Waals surface area (Å²) in [5.74, 6) is 0.245. The number of benzene rings is 1. The molecule has 1 aromatic carbocycles. The van der Waals surface area contributed by atoms with Gasteiger partial charge in [-0.3, -0.25) is 14.8 Å². The van der Waals surface area contributed by atoms with E-state index in [1.165, 1.54) is 0 Å². The number of rotatable bonds is 6. The quantitative estimate of drug-likeness (QED) is 0.644. The molecule has 0 saturated carbocycles. The van der Waals surface area contributed by atoms with Gasteiger partial charge in [0.05, 0.1) is 16.7 Å². The highest BCUT2D eigenvalue weighted by Gasteiger charge is 2.19. The van der Waals surface area contributed by atoms with Gasteiger partial charge in [0.25, 0.3) is 5.91 Å². The molecule has 7 heteroatoms. The van der Waals surface area contributed by atoms with E-state index in [1.54, 1.807) is 16.8 Å². The Bertz CT molecular complexity index is 1030. The summed E-state index contributed by atoms with van der Waals surface area (Å²) in [4.78, 5) is 17.4. The molecule has 0 saturated heterocycles. The third-order valence-electron chi connectivity index (χ3n) is 4.47. The summed E-state index contributed by atoms with van der Waals surface area (Å²) in [6.07, 6.45) is 0.897. The standard InChI is InChI=1S/C20H25N5O2/c1-6-8-24-18-12(3)9-15(14(5)26)11-16(18)21-20(24)22-19(27)17-10-13(4)23-25(17)7-2/h9-11,26H,5-8H2,1-4H3,(H,21,22,27). The van der Waals surface area contributed by atoms with Crippen molar-refractivity contribution < 1.29 is 9.90 Å². The molecule has 0 radical (unpaired) electrons. The lowest BCUT2D eigenvalue weighted by Crippen LogP contribution is -2.20. The zero-order valence-corrected chi connectivity index (χ0v) is 16.2. The van der Waals surface area contributed by atoms with E-state index < -0.39 is 0 Å². The maximum Gasteiger partial charge on any atom is 0.276 e. The number of imidazole rings is 1. The highest BCUT2D eigenvalue weighted by molar-refractivity contribution is 6.03. The normalized spacial score (nSPS) is 11.1. The number of nitrogens with zero attached hydrogens (tertiary/aromatic N) is 4. The van der Waals surface area contributed by atoms with E-state index in [1.807, 2.05) is 31.4 Å². The van der Waals surface area contributed by atoms with Crippen molar-refractivity contribution in [3.63, 3.8) is 0 Å². The van der Waals surface area contributed by atoms with Gasteiger partial charge in [-0.15, -0.1) is 0 Å². The molecular weight excluding hydrogens is 342 g/mol. The molecule has 0 aliphatic rings. The van der Waals surface area contributed by atoms with Crippen LogP contribution in [-0.4, -0.2) is 30.3 Å². The van der Waals surface area contributed by atoms with Gasteiger partial charge < -0.3 is 9.67 Å². The predicted molar refractivity (Wildman–Crippen MR) is 107 cm³/mol. The minimum absolute atomic E-state index is 0.00190. The molecule has 0 atom stereocenters. The number of fused-ring (bicyclic) bond motifs is 1. The number of carbonyl (C=O) groups excluding carboxylic acids is 1. The number of aliphatic hydroxyl groups excluding tert-OH is 1. The first-order valence-corrected chi connectivity index (χ1v) is 9.10. The average Bonchev–Trinajstić information content (AvgIpc) is 3.16. The second kappa shape index (κ2) is 7.26. The number of nitrogens with one attached hydrogen (secondary N) is 1. The number of carbonyl (C=O) groups is 1. The predicted octanol–water partition coefficient (Wildman–Crippen LogP) is 4.06. The summed E-state index contributed by atoms with van der Waals surface area (Å²) in [7, 11) is 0. The summed E-state index contributed by atoms with van der Waals surface area (Å²) >= 11 is 0. The fourth-order valence-electron chi connectivity index (χ4n) is 3.32. The third kappa shape index (κ3) is 3.45. The van der Waals surface area contributed by atoms with E-state index >= 15 is 0 Å².